The molecule has 6 nitrogen and oxygen atoms in total. The van der Waals surface area contributed by atoms with Crippen molar-refractivity contribution in [1.29, 1.82) is 0 Å². The van der Waals surface area contributed by atoms with Crippen molar-refractivity contribution in [3.05, 3.63) is 21.9 Å². The third-order valence-corrected chi connectivity index (χ3v) is 5.53. The van der Waals surface area contributed by atoms with E-state index in [9.17, 15) is 0 Å². The van der Waals surface area contributed by atoms with Crippen molar-refractivity contribution in [3.63, 3.8) is 0 Å². The molecule has 0 amide bonds. The standard InChI is InChI=1S/C15H24N6S/c1-10(2)13-9-22-15(16-13)12-6-5-7-21(8-12)11(3)14-17-18-19-20(14)4/h9-12H,5-8H2,1-4H3/t11-,12-/m0/s1. The van der Waals surface area contributed by atoms with E-state index < -0.39 is 0 Å². The van der Waals surface area contributed by atoms with Gasteiger partial charge in [0.2, 0.25) is 0 Å². The zero-order valence-corrected chi connectivity index (χ0v) is 14.5. The molecule has 2 aromatic rings. The molecule has 0 bridgehead atoms. The number of thiazole rings is 1. The van der Waals surface area contributed by atoms with Crippen LogP contribution < -0.4 is 0 Å². The molecule has 3 heterocycles. The van der Waals surface area contributed by atoms with Crippen LogP contribution in [0.4, 0.5) is 0 Å². The Morgan fingerprint density at radius 3 is 2.77 bits per heavy atom. The molecule has 2 atom stereocenters. The molecule has 0 aromatic carbocycles. The van der Waals surface area contributed by atoms with Gasteiger partial charge in [-0.05, 0) is 42.7 Å². The van der Waals surface area contributed by atoms with E-state index in [1.54, 1.807) is 4.68 Å². The predicted octanol–water partition coefficient (Wildman–Crippen LogP) is 2.73. The van der Waals surface area contributed by atoms with E-state index in [1.165, 1.54) is 23.5 Å². The zero-order chi connectivity index (χ0) is 15.7. The van der Waals surface area contributed by atoms with Crippen molar-refractivity contribution >= 4 is 11.3 Å². The number of nitrogens with zero attached hydrogens (tertiary/aromatic N) is 6. The summed E-state index contributed by atoms with van der Waals surface area (Å²) in [6.07, 6.45) is 2.43. The highest BCUT2D eigenvalue weighted by Crippen LogP contribution is 2.33. The van der Waals surface area contributed by atoms with Gasteiger partial charge in [-0.2, -0.15) is 0 Å². The Hall–Kier alpha value is -1.34. The first-order valence-corrected chi connectivity index (χ1v) is 8.86. The quantitative estimate of drug-likeness (QED) is 0.867. The van der Waals surface area contributed by atoms with Gasteiger partial charge < -0.3 is 0 Å². The lowest BCUT2D eigenvalue weighted by Crippen LogP contribution is -2.37. The first kappa shape index (κ1) is 15.6. The Morgan fingerprint density at radius 1 is 1.32 bits per heavy atom. The molecule has 0 radical (unpaired) electrons. The van der Waals surface area contributed by atoms with Crippen LogP contribution in [-0.4, -0.2) is 43.2 Å². The molecule has 22 heavy (non-hydrogen) atoms. The summed E-state index contributed by atoms with van der Waals surface area (Å²) < 4.78 is 1.77. The van der Waals surface area contributed by atoms with Crippen LogP contribution in [0, 0.1) is 0 Å². The Morgan fingerprint density at radius 2 is 2.14 bits per heavy atom. The van der Waals surface area contributed by atoms with Crippen molar-refractivity contribution in [2.24, 2.45) is 7.05 Å². The first-order chi connectivity index (χ1) is 10.6. The highest BCUT2D eigenvalue weighted by molar-refractivity contribution is 7.09. The molecule has 1 aliphatic rings. The van der Waals surface area contributed by atoms with Crippen LogP contribution in [0.1, 0.15) is 68.0 Å². The molecule has 1 aliphatic heterocycles. The fourth-order valence-corrected chi connectivity index (χ4v) is 4.18. The number of aromatic nitrogens is 5. The summed E-state index contributed by atoms with van der Waals surface area (Å²) in [5.41, 5.74) is 1.22. The molecule has 0 N–H and O–H groups in total. The van der Waals surface area contributed by atoms with E-state index in [1.807, 2.05) is 18.4 Å². The van der Waals surface area contributed by atoms with Crippen molar-refractivity contribution in [2.75, 3.05) is 13.1 Å². The molecule has 2 aromatic heterocycles. The van der Waals surface area contributed by atoms with E-state index in [0.717, 1.165) is 18.9 Å². The van der Waals surface area contributed by atoms with E-state index >= 15 is 0 Å². The number of likely N-dealkylation sites (tertiary alicyclic amines) is 1. The van der Waals surface area contributed by atoms with Gasteiger partial charge in [-0.25, -0.2) is 9.67 Å². The van der Waals surface area contributed by atoms with Gasteiger partial charge in [0.1, 0.15) is 0 Å². The third-order valence-electron chi connectivity index (χ3n) is 4.51. The minimum Gasteiger partial charge on any atom is -0.293 e. The topological polar surface area (TPSA) is 59.7 Å². The van der Waals surface area contributed by atoms with Gasteiger partial charge in [0.15, 0.2) is 5.82 Å². The molecule has 3 rings (SSSR count). The number of rotatable bonds is 4. The lowest BCUT2D eigenvalue weighted by molar-refractivity contribution is 0.150. The number of tetrazole rings is 1. The largest absolute Gasteiger partial charge is 0.293 e. The number of hydrogen-bond donors (Lipinski definition) is 0. The molecule has 7 heteroatoms. The molecule has 1 saturated heterocycles. The van der Waals surface area contributed by atoms with Gasteiger partial charge in [0.05, 0.1) is 16.7 Å². The zero-order valence-electron chi connectivity index (χ0n) is 13.7. The predicted molar refractivity (Wildman–Crippen MR) is 87.0 cm³/mol. The minimum absolute atomic E-state index is 0.243. The van der Waals surface area contributed by atoms with Crippen LogP contribution in [-0.2, 0) is 7.05 Å². The molecule has 0 aliphatic carbocycles. The number of hydrogen-bond acceptors (Lipinski definition) is 6. The second-order valence-corrected chi connectivity index (χ2v) is 7.33. The number of piperidine rings is 1. The van der Waals surface area contributed by atoms with Crippen molar-refractivity contribution in [2.45, 2.75) is 51.5 Å². The molecule has 120 valence electrons. The SMILES string of the molecule is CC(C)c1csc([C@H]2CCCN([C@@H](C)c3nnnn3C)C2)n1. The molecule has 0 unspecified atom stereocenters. The minimum atomic E-state index is 0.243. The van der Waals surface area contributed by atoms with Crippen LogP contribution >= 0.6 is 11.3 Å². The Labute approximate surface area is 135 Å². The van der Waals surface area contributed by atoms with Gasteiger partial charge in [-0.15, -0.1) is 16.4 Å². The summed E-state index contributed by atoms with van der Waals surface area (Å²) in [7, 11) is 1.91. The van der Waals surface area contributed by atoms with Crippen LogP contribution in [0.15, 0.2) is 5.38 Å². The van der Waals surface area contributed by atoms with Crippen LogP contribution in [0.5, 0.6) is 0 Å². The third kappa shape index (κ3) is 3.05. The second kappa shape index (κ2) is 6.42. The van der Waals surface area contributed by atoms with Crippen molar-refractivity contribution < 1.29 is 0 Å². The summed E-state index contributed by atoms with van der Waals surface area (Å²) in [4.78, 5) is 7.34. The fourth-order valence-electron chi connectivity index (χ4n) is 3.07. The monoisotopic (exact) mass is 320 g/mol. The van der Waals surface area contributed by atoms with Gasteiger partial charge in [0, 0.05) is 24.9 Å². The lowest BCUT2D eigenvalue weighted by atomic mass is 9.97. The van der Waals surface area contributed by atoms with Gasteiger partial charge >= 0.3 is 0 Å². The maximum atomic E-state index is 4.85. The maximum Gasteiger partial charge on any atom is 0.167 e. The van der Waals surface area contributed by atoms with Crippen LogP contribution in [0.2, 0.25) is 0 Å². The van der Waals surface area contributed by atoms with E-state index in [4.69, 9.17) is 4.98 Å². The van der Waals surface area contributed by atoms with E-state index in [-0.39, 0.29) is 6.04 Å². The summed E-state index contributed by atoms with van der Waals surface area (Å²) in [6, 6.07) is 0.243. The molecule has 1 fully saturated rings. The van der Waals surface area contributed by atoms with Crippen molar-refractivity contribution in [3.8, 4) is 0 Å². The van der Waals surface area contributed by atoms with Gasteiger partial charge in [0.25, 0.3) is 0 Å². The molecular weight excluding hydrogens is 296 g/mol. The van der Waals surface area contributed by atoms with Crippen LogP contribution in [0.25, 0.3) is 0 Å². The molecule has 0 saturated carbocycles. The smallest absolute Gasteiger partial charge is 0.167 e. The second-order valence-electron chi connectivity index (χ2n) is 6.44. The van der Waals surface area contributed by atoms with Gasteiger partial charge in [-0.3, -0.25) is 4.90 Å². The maximum absolute atomic E-state index is 4.85. The highest BCUT2D eigenvalue weighted by Gasteiger charge is 2.29. The normalized spacial score (nSPS) is 21.4. The lowest BCUT2D eigenvalue weighted by Gasteiger charge is -2.35. The average Bonchev–Trinajstić information content (AvgIpc) is 3.15. The van der Waals surface area contributed by atoms with Crippen LogP contribution in [0.3, 0.4) is 0 Å². The fraction of sp³-hybridized carbons (Fsp3) is 0.733. The highest BCUT2D eigenvalue weighted by atomic mass is 32.1. The summed E-state index contributed by atoms with van der Waals surface area (Å²) in [5.74, 6) is 1.98. The number of aryl methyl sites for hydroxylation is 1. The van der Waals surface area contributed by atoms with E-state index in [2.05, 4.69) is 46.6 Å². The molecular formula is C15H24N6S. The van der Waals surface area contributed by atoms with Gasteiger partial charge in [-0.1, -0.05) is 13.8 Å². The Bertz CT molecular complexity index is 619. The summed E-state index contributed by atoms with van der Waals surface area (Å²) in [6.45, 7) is 8.74. The first-order valence-electron chi connectivity index (χ1n) is 7.98. The Balaban J connectivity index is 1.72. The Kier molecular flexibility index (Phi) is 4.54. The van der Waals surface area contributed by atoms with E-state index in [0.29, 0.717) is 11.8 Å². The van der Waals surface area contributed by atoms with Crippen molar-refractivity contribution in [1.82, 2.24) is 30.1 Å². The summed E-state index contributed by atoms with van der Waals surface area (Å²) in [5, 5.41) is 15.4. The summed E-state index contributed by atoms with van der Waals surface area (Å²) >= 11 is 1.82. The molecule has 0 spiro atoms. The average molecular weight is 320 g/mol.